The molecule has 0 fully saturated rings. The molecule has 21 heavy (non-hydrogen) atoms. The van der Waals surface area contributed by atoms with Gasteiger partial charge in [0.05, 0.1) is 5.69 Å². The smallest absolute Gasteiger partial charge is 0.164 e. The van der Waals surface area contributed by atoms with Gasteiger partial charge in [0.2, 0.25) is 0 Å². The Morgan fingerprint density at radius 3 is 2.48 bits per heavy atom. The van der Waals surface area contributed by atoms with Crippen LogP contribution in [0.2, 0.25) is 0 Å². The molecule has 0 spiro atoms. The topological polar surface area (TPSA) is 56.5 Å². The maximum Gasteiger partial charge on any atom is 0.164 e. The standard InChI is InChI=1S/C16H11N5/c1-3-12(11-18-7-1)15-20-14-4-2-8-19-16(14)21(15)13-5-9-17-10-6-13/h1-11H. The number of rotatable bonds is 2. The van der Waals surface area contributed by atoms with Gasteiger partial charge in [-0.15, -0.1) is 0 Å². The highest BCUT2D eigenvalue weighted by atomic mass is 15.1. The van der Waals surface area contributed by atoms with E-state index in [2.05, 4.69) is 15.0 Å². The van der Waals surface area contributed by atoms with E-state index >= 15 is 0 Å². The first-order valence-electron chi connectivity index (χ1n) is 6.58. The van der Waals surface area contributed by atoms with Crippen molar-refractivity contribution in [2.75, 3.05) is 0 Å². The third-order valence-corrected chi connectivity index (χ3v) is 3.26. The molecule has 0 N–H and O–H groups in total. The van der Waals surface area contributed by atoms with E-state index < -0.39 is 0 Å². The summed E-state index contributed by atoms with van der Waals surface area (Å²) in [6.07, 6.45) is 8.85. The average Bonchev–Trinajstić information content (AvgIpc) is 2.96. The molecule has 100 valence electrons. The van der Waals surface area contributed by atoms with Crippen LogP contribution in [-0.2, 0) is 0 Å². The fraction of sp³-hybridized carbons (Fsp3) is 0. The summed E-state index contributed by atoms with van der Waals surface area (Å²) < 4.78 is 2.02. The van der Waals surface area contributed by atoms with Crippen LogP contribution in [0.1, 0.15) is 0 Å². The third-order valence-electron chi connectivity index (χ3n) is 3.26. The second kappa shape index (κ2) is 4.79. The van der Waals surface area contributed by atoms with Crippen LogP contribution >= 0.6 is 0 Å². The number of pyridine rings is 3. The summed E-state index contributed by atoms with van der Waals surface area (Å²) in [5.74, 6) is 0.822. The number of fused-ring (bicyclic) bond motifs is 1. The minimum absolute atomic E-state index is 0.822. The monoisotopic (exact) mass is 273 g/mol. The van der Waals surface area contributed by atoms with E-state index in [1.165, 1.54) is 0 Å². The van der Waals surface area contributed by atoms with Gasteiger partial charge in [0.15, 0.2) is 5.65 Å². The lowest BCUT2D eigenvalue weighted by atomic mass is 10.2. The zero-order valence-electron chi connectivity index (χ0n) is 11.1. The second-order valence-electron chi connectivity index (χ2n) is 4.56. The molecule has 0 amide bonds. The van der Waals surface area contributed by atoms with Crippen molar-refractivity contribution in [2.45, 2.75) is 0 Å². The Hall–Kier alpha value is -3.08. The number of aromatic nitrogens is 5. The molecule has 0 saturated heterocycles. The minimum Gasteiger partial charge on any atom is -0.277 e. The molecule has 0 aromatic carbocycles. The molecule has 0 bridgehead atoms. The van der Waals surface area contributed by atoms with Crippen molar-refractivity contribution < 1.29 is 0 Å². The van der Waals surface area contributed by atoms with Gasteiger partial charge in [-0.1, -0.05) is 0 Å². The van der Waals surface area contributed by atoms with Crippen molar-refractivity contribution in [3.05, 3.63) is 67.4 Å². The van der Waals surface area contributed by atoms with Crippen molar-refractivity contribution >= 4 is 11.2 Å². The summed E-state index contributed by atoms with van der Waals surface area (Å²) >= 11 is 0. The Morgan fingerprint density at radius 1 is 0.810 bits per heavy atom. The Labute approximate surface area is 121 Å². The van der Waals surface area contributed by atoms with Crippen molar-refractivity contribution in [3.63, 3.8) is 0 Å². The van der Waals surface area contributed by atoms with E-state index in [1.807, 2.05) is 41.0 Å². The highest BCUT2D eigenvalue weighted by Crippen LogP contribution is 2.26. The Kier molecular flexibility index (Phi) is 2.67. The Bertz CT molecular complexity index is 884. The Morgan fingerprint density at radius 2 is 1.67 bits per heavy atom. The second-order valence-corrected chi connectivity index (χ2v) is 4.56. The molecule has 0 aliphatic rings. The van der Waals surface area contributed by atoms with Crippen LogP contribution in [0.15, 0.2) is 67.4 Å². The maximum absolute atomic E-state index is 4.70. The lowest BCUT2D eigenvalue weighted by molar-refractivity contribution is 1.06. The van der Waals surface area contributed by atoms with Crippen LogP contribution in [0.3, 0.4) is 0 Å². The van der Waals surface area contributed by atoms with Crippen molar-refractivity contribution in [3.8, 4) is 17.1 Å². The summed E-state index contributed by atoms with van der Waals surface area (Å²) in [7, 11) is 0. The highest BCUT2D eigenvalue weighted by molar-refractivity contribution is 5.79. The highest BCUT2D eigenvalue weighted by Gasteiger charge is 2.14. The van der Waals surface area contributed by atoms with E-state index in [1.54, 1.807) is 31.0 Å². The average molecular weight is 273 g/mol. The SMILES string of the molecule is c1cncc(-c2nc3cccnc3n2-c2ccncc2)c1. The first-order chi connectivity index (χ1) is 10.4. The van der Waals surface area contributed by atoms with Crippen molar-refractivity contribution in [2.24, 2.45) is 0 Å². The van der Waals surface area contributed by atoms with E-state index in [4.69, 9.17) is 4.98 Å². The van der Waals surface area contributed by atoms with Gasteiger partial charge in [0, 0.05) is 36.5 Å². The number of hydrogen-bond acceptors (Lipinski definition) is 4. The zero-order chi connectivity index (χ0) is 14.1. The molecule has 4 heterocycles. The molecule has 5 heteroatoms. The molecule has 4 aromatic rings. The molecular formula is C16H11N5. The van der Waals surface area contributed by atoms with Gasteiger partial charge in [-0.2, -0.15) is 0 Å². The molecule has 0 saturated carbocycles. The van der Waals surface area contributed by atoms with Gasteiger partial charge in [0.1, 0.15) is 11.3 Å². The van der Waals surface area contributed by atoms with Crippen LogP contribution in [0.25, 0.3) is 28.2 Å². The van der Waals surface area contributed by atoms with E-state index in [-0.39, 0.29) is 0 Å². The lowest BCUT2D eigenvalue weighted by Crippen LogP contribution is -1.98. The fourth-order valence-corrected chi connectivity index (χ4v) is 2.34. The van der Waals surface area contributed by atoms with E-state index in [9.17, 15) is 0 Å². The molecule has 0 aliphatic carbocycles. The summed E-state index contributed by atoms with van der Waals surface area (Å²) in [5, 5.41) is 0. The zero-order valence-corrected chi connectivity index (χ0v) is 11.1. The number of imidazole rings is 1. The van der Waals surface area contributed by atoms with Gasteiger partial charge in [-0.05, 0) is 36.4 Å². The minimum atomic E-state index is 0.822. The number of nitrogens with zero attached hydrogens (tertiary/aromatic N) is 5. The molecule has 0 atom stereocenters. The quantitative estimate of drug-likeness (QED) is 0.563. The summed E-state index contributed by atoms with van der Waals surface area (Å²) in [6.45, 7) is 0. The van der Waals surface area contributed by atoms with E-state index in [0.29, 0.717) is 0 Å². The van der Waals surface area contributed by atoms with Crippen LogP contribution < -0.4 is 0 Å². The van der Waals surface area contributed by atoms with Gasteiger partial charge in [0.25, 0.3) is 0 Å². The van der Waals surface area contributed by atoms with E-state index in [0.717, 1.165) is 28.2 Å². The van der Waals surface area contributed by atoms with Gasteiger partial charge < -0.3 is 0 Å². The number of hydrogen-bond donors (Lipinski definition) is 0. The molecule has 4 aromatic heterocycles. The molecule has 0 aliphatic heterocycles. The van der Waals surface area contributed by atoms with Gasteiger partial charge in [-0.3, -0.25) is 14.5 Å². The lowest BCUT2D eigenvalue weighted by Gasteiger charge is -2.07. The summed E-state index contributed by atoms with van der Waals surface area (Å²) in [6, 6.07) is 11.6. The predicted molar refractivity (Wildman–Crippen MR) is 79.9 cm³/mol. The Balaban J connectivity index is 2.07. The fourth-order valence-electron chi connectivity index (χ4n) is 2.34. The molecule has 0 radical (unpaired) electrons. The van der Waals surface area contributed by atoms with Crippen molar-refractivity contribution in [1.29, 1.82) is 0 Å². The first kappa shape index (κ1) is 11.7. The largest absolute Gasteiger partial charge is 0.277 e. The normalized spacial score (nSPS) is 10.9. The van der Waals surface area contributed by atoms with Gasteiger partial charge in [-0.25, -0.2) is 9.97 Å². The molecular weight excluding hydrogens is 262 g/mol. The maximum atomic E-state index is 4.70. The van der Waals surface area contributed by atoms with Gasteiger partial charge >= 0.3 is 0 Å². The van der Waals surface area contributed by atoms with Crippen LogP contribution in [-0.4, -0.2) is 24.5 Å². The summed E-state index contributed by atoms with van der Waals surface area (Å²) in [4.78, 5) is 17.4. The van der Waals surface area contributed by atoms with Crippen LogP contribution in [0.5, 0.6) is 0 Å². The molecule has 5 nitrogen and oxygen atoms in total. The van der Waals surface area contributed by atoms with Crippen molar-refractivity contribution in [1.82, 2.24) is 24.5 Å². The van der Waals surface area contributed by atoms with Crippen LogP contribution in [0, 0.1) is 0 Å². The molecule has 4 rings (SSSR count). The summed E-state index contributed by atoms with van der Waals surface area (Å²) in [5.41, 5.74) is 3.60. The molecule has 0 unspecified atom stereocenters. The third kappa shape index (κ3) is 1.95. The predicted octanol–water partition coefficient (Wildman–Crippen LogP) is 2.88. The first-order valence-corrected chi connectivity index (χ1v) is 6.58. The van der Waals surface area contributed by atoms with Crippen LogP contribution in [0.4, 0.5) is 0 Å².